The minimum Gasteiger partial charge on any atom is -0.306 e. The summed E-state index contributed by atoms with van der Waals surface area (Å²) in [6.07, 6.45) is -0.823. The Hall–Kier alpha value is -3.23. The molecule has 0 fully saturated rings. The molecule has 1 amide bonds. The summed E-state index contributed by atoms with van der Waals surface area (Å²) >= 11 is 0. The van der Waals surface area contributed by atoms with Crippen molar-refractivity contribution in [2.24, 2.45) is 0 Å². The normalized spacial score (nSPS) is 11.4. The quantitative estimate of drug-likeness (QED) is 0.774. The van der Waals surface area contributed by atoms with Gasteiger partial charge in [-0.2, -0.15) is 18.3 Å². The summed E-state index contributed by atoms with van der Waals surface area (Å²) in [5, 5.41) is 6.71. The van der Waals surface area contributed by atoms with E-state index in [1.165, 1.54) is 16.9 Å². The number of anilines is 1. The van der Waals surface area contributed by atoms with Gasteiger partial charge in [0.2, 0.25) is 0 Å². The first-order valence-corrected chi connectivity index (χ1v) is 7.58. The average Bonchev–Trinajstić information content (AvgIpc) is 2.96. The summed E-state index contributed by atoms with van der Waals surface area (Å²) in [6.45, 7) is 3.50. The van der Waals surface area contributed by atoms with Crippen LogP contribution in [0.5, 0.6) is 0 Å². The maximum Gasteiger partial charge on any atom is 0.417 e. The van der Waals surface area contributed by atoms with Crippen LogP contribution < -0.4 is 5.32 Å². The third kappa shape index (κ3) is 3.56. The van der Waals surface area contributed by atoms with Crippen molar-refractivity contribution in [2.75, 3.05) is 5.32 Å². The summed E-state index contributed by atoms with van der Waals surface area (Å²) in [7, 11) is 0. The Labute approximate surface area is 146 Å². The number of carbonyl (C=O) groups excluding carboxylic acids is 1. The lowest BCUT2D eigenvalue weighted by Gasteiger charge is -2.08. The topological polar surface area (TPSA) is 72.7 Å². The fraction of sp³-hybridized carbons (Fsp3) is 0.176. The number of hydrogen-bond acceptors (Lipinski definition) is 4. The van der Waals surface area contributed by atoms with E-state index >= 15 is 0 Å². The smallest absolute Gasteiger partial charge is 0.306 e. The van der Waals surface area contributed by atoms with Crippen LogP contribution in [0.2, 0.25) is 0 Å². The van der Waals surface area contributed by atoms with Gasteiger partial charge in [0.15, 0.2) is 5.82 Å². The highest BCUT2D eigenvalue weighted by Crippen LogP contribution is 2.28. The second-order valence-electron chi connectivity index (χ2n) is 5.63. The van der Waals surface area contributed by atoms with Crippen molar-refractivity contribution >= 4 is 11.7 Å². The zero-order valence-electron chi connectivity index (χ0n) is 13.9. The molecular weight excluding hydrogens is 347 g/mol. The number of pyridine rings is 2. The van der Waals surface area contributed by atoms with Gasteiger partial charge in [-0.05, 0) is 43.7 Å². The number of nitrogens with one attached hydrogen (secondary N) is 1. The molecule has 9 heteroatoms. The molecule has 0 saturated heterocycles. The number of halogens is 3. The van der Waals surface area contributed by atoms with Gasteiger partial charge in [-0.3, -0.25) is 4.79 Å². The molecule has 1 N–H and O–H groups in total. The van der Waals surface area contributed by atoms with Gasteiger partial charge in [0.1, 0.15) is 5.82 Å². The molecule has 0 radical (unpaired) electrons. The number of alkyl halides is 3. The first kappa shape index (κ1) is 17.6. The minimum atomic E-state index is -4.46. The monoisotopic (exact) mass is 361 g/mol. The Morgan fingerprint density at radius 2 is 1.88 bits per heavy atom. The number of nitrogens with zero attached hydrogens (tertiary/aromatic N) is 4. The Kier molecular flexibility index (Phi) is 4.45. The van der Waals surface area contributed by atoms with Gasteiger partial charge >= 0.3 is 6.18 Å². The van der Waals surface area contributed by atoms with Crippen molar-refractivity contribution < 1.29 is 18.0 Å². The lowest BCUT2D eigenvalue weighted by molar-refractivity contribution is -0.137. The minimum absolute atomic E-state index is 0.184. The van der Waals surface area contributed by atoms with Crippen LogP contribution in [0.25, 0.3) is 5.82 Å². The van der Waals surface area contributed by atoms with Crippen LogP contribution in [-0.4, -0.2) is 25.7 Å². The highest BCUT2D eigenvalue weighted by Gasteiger charge is 2.30. The van der Waals surface area contributed by atoms with Crippen LogP contribution in [0.3, 0.4) is 0 Å². The van der Waals surface area contributed by atoms with E-state index in [-0.39, 0.29) is 11.4 Å². The molecule has 0 aliphatic heterocycles. The van der Waals surface area contributed by atoms with Crippen LogP contribution in [0.1, 0.15) is 27.2 Å². The van der Waals surface area contributed by atoms with E-state index in [1.54, 1.807) is 25.3 Å². The molecule has 0 bridgehead atoms. The third-order valence-corrected chi connectivity index (χ3v) is 3.70. The van der Waals surface area contributed by atoms with Gasteiger partial charge in [0.25, 0.3) is 5.91 Å². The second kappa shape index (κ2) is 6.58. The van der Waals surface area contributed by atoms with Crippen LogP contribution in [-0.2, 0) is 6.18 Å². The maximum absolute atomic E-state index is 12.6. The SMILES string of the molecule is Cc1ccnc(NC(=O)c2cnn(-c3ccc(C(F)(F)F)cn3)c2C)c1. The fourth-order valence-corrected chi connectivity index (χ4v) is 2.33. The summed E-state index contributed by atoms with van der Waals surface area (Å²) in [5.41, 5.74) is 0.809. The van der Waals surface area contributed by atoms with E-state index in [0.717, 1.165) is 17.8 Å². The van der Waals surface area contributed by atoms with Crippen molar-refractivity contribution in [3.63, 3.8) is 0 Å². The molecule has 0 unspecified atom stereocenters. The van der Waals surface area contributed by atoms with E-state index in [1.807, 2.05) is 6.92 Å². The predicted molar refractivity (Wildman–Crippen MR) is 88.0 cm³/mol. The van der Waals surface area contributed by atoms with Gasteiger partial charge in [-0.1, -0.05) is 0 Å². The molecule has 0 aliphatic carbocycles. The van der Waals surface area contributed by atoms with E-state index in [4.69, 9.17) is 0 Å². The third-order valence-electron chi connectivity index (χ3n) is 3.70. The number of hydrogen-bond donors (Lipinski definition) is 1. The van der Waals surface area contributed by atoms with Crippen LogP contribution >= 0.6 is 0 Å². The molecular formula is C17H14F3N5O. The summed E-state index contributed by atoms with van der Waals surface area (Å²) < 4.78 is 39.2. The lowest BCUT2D eigenvalue weighted by atomic mass is 10.2. The number of rotatable bonds is 3. The molecule has 0 spiro atoms. The summed E-state index contributed by atoms with van der Waals surface area (Å²) in [6, 6.07) is 5.64. The molecule has 0 aromatic carbocycles. The van der Waals surface area contributed by atoms with Crippen molar-refractivity contribution in [1.82, 2.24) is 19.7 Å². The van der Waals surface area contributed by atoms with Crippen LogP contribution in [0, 0.1) is 13.8 Å². The zero-order valence-corrected chi connectivity index (χ0v) is 13.9. The molecule has 3 aromatic rings. The largest absolute Gasteiger partial charge is 0.417 e. The standard InChI is InChI=1S/C17H14F3N5O/c1-10-5-6-21-14(7-10)24-16(26)13-9-23-25(11(13)2)15-4-3-12(8-22-15)17(18,19)20/h3-9H,1-2H3,(H,21,24,26). The fourth-order valence-electron chi connectivity index (χ4n) is 2.33. The van der Waals surface area contributed by atoms with Gasteiger partial charge in [-0.15, -0.1) is 0 Å². The molecule has 6 nitrogen and oxygen atoms in total. The molecule has 3 aromatic heterocycles. The van der Waals surface area contributed by atoms with Gasteiger partial charge in [0.05, 0.1) is 23.0 Å². The number of carbonyl (C=O) groups is 1. The molecule has 134 valence electrons. The maximum atomic E-state index is 12.6. The van der Waals surface area contributed by atoms with E-state index in [2.05, 4.69) is 20.4 Å². The molecule has 26 heavy (non-hydrogen) atoms. The Bertz CT molecular complexity index is 948. The van der Waals surface area contributed by atoms with Crippen molar-refractivity contribution in [3.8, 4) is 5.82 Å². The average molecular weight is 361 g/mol. The van der Waals surface area contributed by atoms with Gasteiger partial charge < -0.3 is 5.32 Å². The highest BCUT2D eigenvalue weighted by atomic mass is 19.4. The predicted octanol–water partition coefficient (Wildman–Crippen LogP) is 3.55. The number of aryl methyl sites for hydroxylation is 1. The number of aromatic nitrogens is 4. The Morgan fingerprint density at radius 3 is 2.50 bits per heavy atom. The Balaban J connectivity index is 1.84. The zero-order chi connectivity index (χ0) is 18.9. The summed E-state index contributed by atoms with van der Waals surface area (Å²) in [5.74, 6) is 0.164. The van der Waals surface area contributed by atoms with Crippen molar-refractivity contribution in [1.29, 1.82) is 0 Å². The van der Waals surface area contributed by atoms with Crippen LogP contribution in [0.15, 0.2) is 42.9 Å². The summed E-state index contributed by atoms with van der Waals surface area (Å²) in [4.78, 5) is 20.2. The molecule has 0 aliphatic rings. The van der Waals surface area contributed by atoms with E-state index < -0.39 is 17.6 Å². The lowest BCUT2D eigenvalue weighted by Crippen LogP contribution is -2.14. The highest BCUT2D eigenvalue weighted by molar-refractivity contribution is 6.04. The molecule has 3 heterocycles. The van der Waals surface area contributed by atoms with Gasteiger partial charge in [-0.25, -0.2) is 14.6 Å². The van der Waals surface area contributed by atoms with Crippen molar-refractivity contribution in [2.45, 2.75) is 20.0 Å². The molecule has 3 rings (SSSR count). The second-order valence-corrected chi connectivity index (χ2v) is 5.63. The van der Waals surface area contributed by atoms with E-state index in [0.29, 0.717) is 11.5 Å². The van der Waals surface area contributed by atoms with Gasteiger partial charge in [0, 0.05) is 12.4 Å². The Morgan fingerprint density at radius 1 is 1.12 bits per heavy atom. The van der Waals surface area contributed by atoms with E-state index in [9.17, 15) is 18.0 Å². The first-order chi connectivity index (χ1) is 12.3. The first-order valence-electron chi connectivity index (χ1n) is 7.58. The van der Waals surface area contributed by atoms with Crippen LogP contribution in [0.4, 0.5) is 19.0 Å². The van der Waals surface area contributed by atoms with Crippen molar-refractivity contribution in [3.05, 3.63) is 65.2 Å². The number of amides is 1. The molecule has 0 saturated carbocycles. The molecule has 0 atom stereocenters.